The SMILES string of the molecule is Nc1nc2c(s1)C(c1cc(F)c(F)c(F)c1)CC2. The van der Waals surface area contributed by atoms with Crippen molar-refractivity contribution in [2.24, 2.45) is 0 Å². The third-order valence-corrected chi connectivity index (χ3v) is 4.18. The van der Waals surface area contributed by atoms with Crippen LogP contribution in [0.4, 0.5) is 18.3 Å². The first-order chi connectivity index (χ1) is 8.56. The minimum absolute atomic E-state index is 0.139. The van der Waals surface area contributed by atoms with E-state index >= 15 is 0 Å². The quantitative estimate of drug-likeness (QED) is 0.808. The molecule has 0 fully saturated rings. The fraction of sp³-hybridized carbons (Fsp3) is 0.250. The van der Waals surface area contributed by atoms with Crippen LogP contribution < -0.4 is 5.73 Å². The van der Waals surface area contributed by atoms with Gasteiger partial charge in [0.15, 0.2) is 22.6 Å². The molecule has 0 aliphatic heterocycles. The van der Waals surface area contributed by atoms with Crippen molar-refractivity contribution in [3.8, 4) is 0 Å². The highest BCUT2D eigenvalue weighted by molar-refractivity contribution is 7.15. The molecule has 2 N–H and O–H groups in total. The summed E-state index contributed by atoms with van der Waals surface area (Å²) in [5.41, 5.74) is 6.93. The van der Waals surface area contributed by atoms with Crippen LogP contribution in [0, 0.1) is 17.5 Å². The summed E-state index contributed by atoms with van der Waals surface area (Å²) in [7, 11) is 0. The monoisotopic (exact) mass is 270 g/mol. The minimum Gasteiger partial charge on any atom is -0.375 e. The zero-order valence-corrected chi connectivity index (χ0v) is 10.0. The lowest BCUT2D eigenvalue weighted by atomic mass is 9.98. The van der Waals surface area contributed by atoms with Crippen molar-refractivity contribution in [1.29, 1.82) is 0 Å². The average Bonchev–Trinajstić information content (AvgIpc) is 2.83. The summed E-state index contributed by atoms with van der Waals surface area (Å²) >= 11 is 1.32. The van der Waals surface area contributed by atoms with Gasteiger partial charge in [0.25, 0.3) is 0 Å². The van der Waals surface area contributed by atoms with Crippen LogP contribution in [0.2, 0.25) is 0 Å². The van der Waals surface area contributed by atoms with Crippen LogP contribution in [0.3, 0.4) is 0 Å². The molecule has 0 saturated carbocycles. The highest BCUT2D eigenvalue weighted by Gasteiger charge is 2.29. The van der Waals surface area contributed by atoms with Gasteiger partial charge in [0, 0.05) is 10.8 Å². The Morgan fingerprint density at radius 1 is 1.22 bits per heavy atom. The van der Waals surface area contributed by atoms with E-state index in [2.05, 4.69) is 4.98 Å². The maximum Gasteiger partial charge on any atom is 0.194 e. The smallest absolute Gasteiger partial charge is 0.194 e. The lowest BCUT2D eigenvalue weighted by molar-refractivity contribution is 0.444. The number of hydrogen-bond acceptors (Lipinski definition) is 3. The molecule has 2 nitrogen and oxygen atoms in total. The van der Waals surface area contributed by atoms with Gasteiger partial charge in [-0.3, -0.25) is 0 Å². The molecular weight excluding hydrogens is 261 g/mol. The molecular formula is C12H9F3N2S. The number of anilines is 1. The zero-order valence-electron chi connectivity index (χ0n) is 9.21. The van der Waals surface area contributed by atoms with Gasteiger partial charge in [0.2, 0.25) is 0 Å². The van der Waals surface area contributed by atoms with E-state index in [1.165, 1.54) is 11.3 Å². The molecule has 94 valence electrons. The van der Waals surface area contributed by atoms with Gasteiger partial charge in [0.1, 0.15) is 0 Å². The van der Waals surface area contributed by atoms with Crippen molar-refractivity contribution < 1.29 is 13.2 Å². The molecule has 0 amide bonds. The molecule has 0 spiro atoms. The molecule has 1 unspecified atom stereocenters. The van der Waals surface area contributed by atoms with Gasteiger partial charge >= 0.3 is 0 Å². The summed E-state index contributed by atoms with van der Waals surface area (Å²) < 4.78 is 39.4. The number of benzene rings is 1. The summed E-state index contributed by atoms with van der Waals surface area (Å²) in [5, 5.41) is 0.452. The fourth-order valence-corrected chi connectivity index (χ4v) is 3.38. The standard InChI is InChI=1S/C12H9F3N2S/c13-7-3-5(4-8(14)10(7)15)6-1-2-9-11(6)18-12(16)17-9/h3-4,6H,1-2H2,(H2,16,17). The van der Waals surface area contributed by atoms with Crippen LogP contribution >= 0.6 is 11.3 Å². The van der Waals surface area contributed by atoms with Gasteiger partial charge in [-0.25, -0.2) is 18.2 Å². The lowest BCUT2D eigenvalue weighted by Crippen LogP contribution is -1.99. The van der Waals surface area contributed by atoms with Gasteiger partial charge in [-0.1, -0.05) is 0 Å². The number of thiazole rings is 1. The highest BCUT2D eigenvalue weighted by atomic mass is 32.1. The maximum absolute atomic E-state index is 13.2. The summed E-state index contributed by atoms with van der Waals surface area (Å²) in [6, 6.07) is 2.10. The van der Waals surface area contributed by atoms with Crippen molar-refractivity contribution in [3.63, 3.8) is 0 Å². The van der Waals surface area contributed by atoms with Crippen molar-refractivity contribution in [2.75, 3.05) is 5.73 Å². The molecule has 3 rings (SSSR count). The normalized spacial score (nSPS) is 18.1. The number of aryl methyl sites for hydroxylation is 1. The molecule has 18 heavy (non-hydrogen) atoms. The summed E-state index contributed by atoms with van der Waals surface area (Å²) in [6.45, 7) is 0. The number of fused-ring (bicyclic) bond motifs is 1. The van der Waals surface area contributed by atoms with E-state index in [0.29, 0.717) is 10.7 Å². The molecule has 1 heterocycles. The van der Waals surface area contributed by atoms with Crippen LogP contribution in [-0.4, -0.2) is 4.98 Å². The summed E-state index contributed by atoms with van der Waals surface area (Å²) in [4.78, 5) is 5.09. The minimum atomic E-state index is -1.43. The zero-order chi connectivity index (χ0) is 12.9. The second-order valence-electron chi connectivity index (χ2n) is 4.25. The largest absolute Gasteiger partial charge is 0.375 e. The Labute approximate surface area is 105 Å². The van der Waals surface area contributed by atoms with Crippen LogP contribution in [0.15, 0.2) is 12.1 Å². The molecule has 0 bridgehead atoms. The fourth-order valence-electron chi connectivity index (χ4n) is 2.34. The van der Waals surface area contributed by atoms with Crippen LogP contribution in [0.1, 0.15) is 28.5 Å². The number of nitrogens with zero attached hydrogens (tertiary/aromatic N) is 1. The van der Waals surface area contributed by atoms with Crippen molar-refractivity contribution in [2.45, 2.75) is 18.8 Å². The molecule has 6 heteroatoms. The lowest BCUT2D eigenvalue weighted by Gasteiger charge is -2.10. The number of nitrogen functional groups attached to an aromatic ring is 1. The van der Waals surface area contributed by atoms with E-state index in [1.54, 1.807) is 0 Å². The van der Waals surface area contributed by atoms with Crippen LogP contribution in [0.5, 0.6) is 0 Å². The predicted octanol–water partition coefficient (Wildman–Crippen LogP) is 3.22. The molecule has 1 aromatic carbocycles. The number of nitrogens with two attached hydrogens (primary N) is 1. The van der Waals surface area contributed by atoms with E-state index in [1.807, 2.05) is 0 Å². The Bertz CT molecular complexity index is 601. The first-order valence-corrected chi connectivity index (χ1v) is 6.27. The summed E-state index contributed by atoms with van der Waals surface area (Å²) in [5.74, 6) is -3.88. The van der Waals surface area contributed by atoms with E-state index in [-0.39, 0.29) is 5.92 Å². The number of aromatic nitrogens is 1. The molecule has 2 aromatic rings. The Morgan fingerprint density at radius 3 is 2.56 bits per heavy atom. The van der Waals surface area contributed by atoms with Gasteiger partial charge in [-0.05, 0) is 30.5 Å². The molecule has 0 radical (unpaired) electrons. The number of halogens is 3. The van der Waals surface area contributed by atoms with Crippen molar-refractivity contribution >= 4 is 16.5 Å². The third kappa shape index (κ3) is 1.68. The first kappa shape index (κ1) is 11.5. The van der Waals surface area contributed by atoms with Crippen LogP contribution in [-0.2, 0) is 6.42 Å². The molecule has 0 saturated heterocycles. The third-order valence-electron chi connectivity index (χ3n) is 3.14. The van der Waals surface area contributed by atoms with E-state index in [4.69, 9.17) is 5.73 Å². The maximum atomic E-state index is 13.2. The van der Waals surface area contributed by atoms with E-state index in [9.17, 15) is 13.2 Å². The Kier molecular flexibility index (Phi) is 2.55. The van der Waals surface area contributed by atoms with Gasteiger partial charge in [0.05, 0.1) is 5.69 Å². The molecule has 1 atom stereocenters. The summed E-state index contributed by atoms with van der Waals surface area (Å²) in [6.07, 6.45) is 1.45. The first-order valence-electron chi connectivity index (χ1n) is 5.45. The Hall–Kier alpha value is -1.56. The second-order valence-corrected chi connectivity index (χ2v) is 5.32. The van der Waals surface area contributed by atoms with Crippen LogP contribution in [0.25, 0.3) is 0 Å². The van der Waals surface area contributed by atoms with Gasteiger partial charge in [-0.2, -0.15) is 0 Å². The van der Waals surface area contributed by atoms with Crippen molar-refractivity contribution in [3.05, 3.63) is 45.7 Å². The van der Waals surface area contributed by atoms with Crippen molar-refractivity contribution in [1.82, 2.24) is 4.98 Å². The topological polar surface area (TPSA) is 38.9 Å². The predicted molar refractivity (Wildman–Crippen MR) is 63.0 cm³/mol. The Balaban J connectivity index is 2.07. The Morgan fingerprint density at radius 2 is 1.89 bits per heavy atom. The van der Waals surface area contributed by atoms with Gasteiger partial charge in [-0.15, -0.1) is 11.3 Å². The molecule has 1 aliphatic carbocycles. The highest BCUT2D eigenvalue weighted by Crippen LogP contribution is 2.42. The number of rotatable bonds is 1. The number of hydrogen-bond donors (Lipinski definition) is 1. The average molecular weight is 270 g/mol. The second kappa shape index (κ2) is 3.98. The van der Waals surface area contributed by atoms with E-state index in [0.717, 1.165) is 35.5 Å². The van der Waals surface area contributed by atoms with E-state index < -0.39 is 17.5 Å². The molecule has 1 aliphatic rings. The molecule has 1 aromatic heterocycles. The van der Waals surface area contributed by atoms with Gasteiger partial charge < -0.3 is 5.73 Å².